The van der Waals surface area contributed by atoms with Gasteiger partial charge in [0.2, 0.25) is 0 Å². The summed E-state index contributed by atoms with van der Waals surface area (Å²) in [6.07, 6.45) is 2.42. The Bertz CT molecular complexity index is 696. The van der Waals surface area contributed by atoms with Crippen molar-refractivity contribution in [2.75, 3.05) is 60.4 Å². The van der Waals surface area contributed by atoms with Crippen LogP contribution < -0.4 is 5.32 Å². The minimum absolute atomic E-state index is 0.00816. The first-order valence-corrected chi connectivity index (χ1v) is 13.8. The van der Waals surface area contributed by atoms with Gasteiger partial charge in [0.1, 0.15) is 28.9 Å². The quantitative estimate of drug-likeness (QED) is 0.147. The van der Waals surface area contributed by atoms with Crippen LogP contribution in [0.4, 0.5) is 0 Å². The summed E-state index contributed by atoms with van der Waals surface area (Å²) in [6.45, 7) is 6.36. The van der Waals surface area contributed by atoms with E-state index in [1.165, 1.54) is 0 Å². The molecule has 0 aromatic heterocycles. The maximum absolute atomic E-state index is 12.9. The Balaban J connectivity index is 4.83. The van der Waals surface area contributed by atoms with Gasteiger partial charge in [0.25, 0.3) is 0 Å². The first kappa shape index (κ1) is 36.1. The van der Waals surface area contributed by atoms with Gasteiger partial charge in [-0.1, -0.05) is 13.8 Å². The molecule has 0 aliphatic rings. The summed E-state index contributed by atoms with van der Waals surface area (Å²) in [6, 6.07) is -0.582. The van der Waals surface area contributed by atoms with Crippen LogP contribution in [-0.2, 0) is 42.9 Å². The van der Waals surface area contributed by atoms with Crippen molar-refractivity contribution < 1.29 is 42.9 Å². The highest BCUT2D eigenvalue weighted by Crippen LogP contribution is 2.17. The minimum Gasteiger partial charge on any atom is -0.382 e. The van der Waals surface area contributed by atoms with Crippen LogP contribution in [-0.4, -0.2) is 95.4 Å². The SMILES string of the molecule is CCC(=O)CC(CC(=O)CCC(NCCC(=O)CCOCCOC)C(=O)CCCOCCOC)C(=O)CC. The molecule has 0 rings (SSSR count). The molecule has 220 valence electrons. The van der Waals surface area contributed by atoms with Crippen molar-refractivity contribution in [3.05, 3.63) is 0 Å². The zero-order valence-corrected chi connectivity index (χ0v) is 23.8. The highest BCUT2D eigenvalue weighted by molar-refractivity contribution is 5.92. The Morgan fingerprint density at radius 2 is 1.26 bits per heavy atom. The molecule has 2 unspecified atom stereocenters. The van der Waals surface area contributed by atoms with Crippen LogP contribution in [0.2, 0.25) is 0 Å². The molecule has 10 nitrogen and oxygen atoms in total. The number of ether oxygens (including phenoxy) is 4. The van der Waals surface area contributed by atoms with E-state index in [1.54, 1.807) is 28.1 Å². The van der Waals surface area contributed by atoms with Gasteiger partial charge in [-0.15, -0.1) is 0 Å². The van der Waals surface area contributed by atoms with Gasteiger partial charge in [0.05, 0.1) is 39.1 Å². The van der Waals surface area contributed by atoms with Crippen LogP contribution >= 0.6 is 0 Å². The Kier molecular flexibility index (Phi) is 23.0. The zero-order valence-electron chi connectivity index (χ0n) is 23.8. The first-order chi connectivity index (χ1) is 18.3. The van der Waals surface area contributed by atoms with Gasteiger partial charge in [-0.25, -0.2) is 0 Å². The maximum atomic E-state index is 12.9. The van der Waals surface area contributed by atoms with Crippen molar-refractivity contribution in [3.63, 3.8) is 0 Å². The molecule has 0 aliphatic carbocycles. The van der Waals surface area contributed by atoms with Crippen molar-refractivity contribution >= 4 is 28.9 Å². The van der Waals surface area contributed by atoms with Gasteiger partial charge in [-0.2, -0.15) is 0 Å². The molecule has 0 aromatic carbocycles. The molecule has 0 spiro atoms. The van der Waals surface area contributed by atoms with E-state index in [0.717, 1.165) is 0 Å². The van der Waals surface area contributed by atoms with Gasteiger partial charge in [0.15, 0.2) is 0 Å². The first-order valence-electron chi connectivity index (χ1n) is 13.8. The Morgan fingerprint density at radius 1 is 0.632 bits per heavy atom. The average molecular weight is 544 g/mol. The monoisotopic (exact) mass is 543 g/mol. The molecule has 1 N–H and O–H groups in total. The van der Waals surface area contributed by atoms with Crippen molar-refractivity contribution in [2.45, 2.75) is 84.1 Å². The molecule has 38 heavy (non-hydrogen) atoms. The number of Topliss-reactive ketones (excluding diaryl/α,β-unsaturated/α-hetero) is 5. The average Bonchev–Trinajstić information content (AvgIpc) is 2.91. The smallest absolute Gasteiger partial charge is 0.149 e. The topological polar surface area (TPSA) is 134 Å². The second-order valence-electron chi connectivity index (χ2n) is 9.22. The van der Waals surface area contributed by atoms with E-state index in [2.05, 4.69) is 5.32 Å². The van der Waals surface area contributed by atoms with Crippen LogP contribution in [0.1, 0.15) is 78.1 Å². The maximum Gasteiger partial charge on any atom is 0.149 e. The molecule has 0 fully saturated rings. The number of methoxy groups -OCH3 is 2. The van der Waals surface area contributed by atoms with E-state index in [0.29, 0.717) is 59.0 Å². The fourth-order valence-corrected chi connectivity index (χ4v) is 3.77. The number of rotatable bonds is 28. The molecule has 0 heterocycles. The van der Waals surface area contributed by atoms with Gasteiger partial charge in [0, 0.05) is 84.7 Å². The van der Waals surface area contributed by atoms with Crippen LogP contribution in [0.25, 0.3) is 0 Å². The summed E-state index contributed by atoms with van der Waals surface area (Å²) in [5.74, 6) is -0.913. The molecule has 0 bridgehead atoms. The van der Waals surface area contributed by atoms with Crippen LogP contribution in [0.5, 0.6) is 0 Å². The molecular weight excluding hydrogens is 494 g/mol. The second-order valence-corrected chi connectivity index (χ2v) is 9.22. The Labute approximate surface area is 227 Å². The van der Waals surface area contributed by atoms with E-state index in [9.17, 15) is 24.0 Å². The summed E-state index contributed by atoms with van der Waals surface area (Å²) in [5, 5.41) is 3.14. The van der Waals surface area contributed by atoms with E-state index in [4.69, 9.17) is 18.9 Å². The molecule has 0 saturated heterocycles. The lowest BCUT2D eigenvalue weighted by atomic mass is 9.88. The third-order valence-electron chi connectivity index (χ3n) is 6.14. The van der Waals surface area contributed by atoms with Gasteiger partial charge in [-0.3, -0.25) is 24.0 Å². The van der Waals surface area contributed by atoms with Crippen molar-refractivity contribution in [3.8, 4) is 0 Å². The molecule has 0 radical (unpaired) electrons. The third-order valence-corrected chi connectivity index (χ3v) is 6.14. The summed E-state index contributed by atoms with van der Waals surface area (Å²) in [5.41, 5.74) is 0. The Hall–Kier alpha value is -1.85. The van der Waals surface area contributed by atoms with Gasteiger partial charge in [-0.05, 0) is 12.8 Å². The predicted octanol–water partition coefficient (Wildman–Crippen LogP) is 2.67. The lowest BCUT2D eigenvalue weighted by molar-refractivity contribution is -0.131. The molecule has 10 heteroatoms. The molecule has 0 aliphatic heterocycles. The minimum atomic E-state index is -0.602. The largest absolute Gasteiger partial charge is 0.382 e. The summed E-state index contributed by atoms with van der Waals surface area (Å²) < 4.78 is 20.6. The highest BCUT2D eigenvalue weighted by Gasteiger charge is 2.24. The van der Waals surface area contributed by atoms with Gasteiger partial charge < -0.3 is 24.3 Å². The third kappa shape index (κ3) is 19.3. The molecular formula is C28H49NO9. The van der Waals surface area contributed by atoms with Crippen LogP contribution in [0.3, 0.4) is 0 Å². The van der Waals surface area contributed by atoms with E-state index in [1.807, 2.05) is 0 Å². The molecule has 0 amide bonds. The normalized spacial score (nSPS) is 12.7. The number of carbonyl (C=O) groups is 5. The van der Waals surface area contributed by atoms with Gasteiger partial charge >= 0.3 is 0 Å². The van der Waals surface area contributed by atoms with E-state index >= 15 is 0 Å². The summed E-state index contributed by atoms with van der Waals surface area (Å²) in [7, 11) is 3.17. The standard InChI is InChI=1S/C28H49NO9/c1-5-23(30)20-22(27(33)6-2)21-25(32)9-10-26(28(34)8-7-14-37-18-16-35-3)29-13-11-24(31)12-15-38-19-17-36-4/h22,26,29H,5-21H2,1-4H3. The fraction of sp³-hybridized carbons (Fsp3) is 0.821. The number of carbonyl (C=O) groups excluding carboxylic acids is 5. The zero-order chi connectivity index (χ0) is 28.6. The summed E-state index contributed by atoms with van der Waals surface area (Å²) in [4.78, 5) is 61.8. The number of nitrogens with one attached hydrogen (secondary N) is 1. The van der Waals surface area contributed by atoms with E-state index in [-0.39, 0.29) is 80.3 Å². The summed E-state index contributed by atoms with van der Waals surface area (Å²) >= 11 is 0. The number of hydrogen-bond acceptors (Lipinski definition) is 10. The highest BCUT2D eigenvalue weighted by atomic mass is 16.5. The lowest BCUT2D eigenvalue weighted by Crippen LogP contribution is -2.38. The van der Waals surface area contributed by atoms with Crippen molar-refractivity contribution in [2.24, 2.45) is 5.92 Å². The van der Waals surface area contributed by atoms with Crippen molar-refractivity contribution in [1.82, 2.24) is 5.32 Å². The van der Waals surface area contributed by atoms with Crippen molar-refractivity contribution in [1.29, 1.82) is 0 Å². The fourth-order valence-electron chi connectivity index (χ4n) is 3.77. The lowest BCUT2D eigenvalue weighted by Gasteiger charge is -2.18. The number of hydrogen-bond donors (Lipinski definition) is 1. The predicted molar refractivity (Wildman–Crippen MR) is 143 cm³/mol. The second kappa shape index (κ2) is 24.2. The number of ketones is 5. The van der Waals surface area contributed by atoms with Crippen LogP contribution in [0.15, 0.2) is 0 Å². The van der Waals surface area contributed by atoms with Crippen LogP contribution in [0, 0.1) is 5.92 Å². The molecule has 0 saturated carbocycles. The Morgan fingerprint density at radius 3 is 1.87 bits per heavy atom. The van der Waals surface area contributed by atoms with E-state index < -0.39 is 12.0 Å². The molecule has 0 aromatic rings. The molecule has 2 atom stereocenters.